The van der Waals surface area contributed by atoms with Crippen LogP contribution in [0.1, 0.15) is 26.7 Å². The fourth-order valence-electron chi connectivity index (χ4n) is 1.17. The fourth-order valence-corrected chi connectivity index (χ4v) is 1.17. The van der Waals surface area contributed by atoms with Crippen molar-refractivity contribution in [1.29, 1.82) is 0 Å². The number of nitrogens with zero attached hydrogens (tertiary/aromatic N) is 3. The molecular formula is C12H18N4O. The SMILES string of the molecule is C=CCC#CCNC(=O)[C@H](CC(C)C)N=[N+]=[N-]. The number of allylic oxidation sites excluding steroid dienone is 1. The number of rotatable bonds is 6. The van der Waals surface area contributed by atoms with Crippen LogP contribution in [0, 0.1) is 17.8 Å². The zero-order chi connectivity index (χ0) is 13.1. The Labute approximate surface area is 102 Å². The van der Waals surface area contributed by atoms with Crippen LogP contribution in [-0.2, 0) is 4.79 Å². The molecule has 0 heterocycles. The molecule has 0 fully saturated rings. The molecular weight excluding hydrogens is 216 g/mol. The number of azide groups is 1. The van der Waals surface area contributed by atoms with Gasteiger partial charge in [0.1, 0.15) is 6.04 Å². The molecule has 5 heteroatoms. The molecule has 0 unspecified atom stereocenters. The largest absolute Gasteiger partial charge is 0.345 e. The van der Waals surface area contributed by atoms with E-state index in [-0.39, 0.29) is 12.5 Å². The molecule has 0 aromatic rings. The quantitative estimate of drug-likeness (QED) is 0.247. The van der Waals surface area contributed by atoms with Gasteiger partial charge >= 0.3 is 0 Å². The van der Waals surface area contributed by atoms with Crippen molar-refractivity contribution in [3.8, 4) is 11.8 Å². The Hall–Kier alpha value is -1.92. The lowest BCUT2D eigenvalue weighted by molar-refractivity contribution is -0.122. The van der Waals surface area contributed by atoms with E-state index in [1.165, 1.54) is 0 Å². The third-order valence-electron chi connectivity index (χ3n) is 1.91. The van der Waals surface area contributed by atoms with Crippen molar-refractivity contribution in [2.24, 2.45) is 11.0 Å². The van der Waals surface area contributed by atoms with Gasteiger partial charge in [-0.2, -0.15) is 0 Å². The van der Waals surface area contributed by atoms with Gasteiger partial charge in [0.25, 0.3) is 0 Å². The molecule has 0 bridgehead atoms. The average Bonchev–Trinajstić information content (AvgIpc) is 2.27. The maximum Gasteiger partial charge on any atom is 0.229 e. The highest BCUT2D eigenvalue weighted by Crippen LogP contribution is 2.08. The van der Waals surface area contributed by atoms with Crippen LogP contribution < -0.4 is 5.32 Å². The molecule has 5 nitrogen and oxygen atoms in total. The van der Waals surface area contributed by atoms with Crippen molar-refractivity contribution in [3.05, 3.63) is 23.1 Å². The molecule has 1 N–H and O–H groups in total. The number of carbonyl (C=O) groups excluding carboxylic acids is 1. The van der Waals surface area contributed by atoms with Gasteiger partial charge in [-0.25, -0.2) is 0 Å². The Balaban J connectivity index is 4.20. The van der Waals surface area contributed by atoms with E-state index in [1.54, 1.807) is 6.08 Å². The highest BCUT2D eigenvalue weighted by molar-refractivity contribution is 5.82. The number of carbonyl (C=O) groups is 1. The van der Waals surface area contributed by atoms with E-state index < -0.39 is 6.04 Å². The third-order valence-corrected chi connectivity index (χ3v) is 1.91. The Morgan fingerprint density at radius 1 is 1.59 bits per heavy atom. The predicted octanol–water partition coefficient (Wildman–Crippen LogP) is 2.41. The van der Waals surface area contributed by atoms with Gasteiger partial charge in [0.05, 0.1) is 6.54 Å². The van der Waals surface area contributed by atoms with Gasteiger partial charge in [-0.3, -0.25) is 4.79 Å². The molecule has 1 amide bonds. The smallest absolute Gasteiger partial charge is 0.229 e. The lowest BCUT2D eigenvalue weighted by Gasteiger charge is -2.12. The van der Waals surface area contributed by atoms with Gasteiger partial charge in [-0.05, 0) is 17.9 Å². The summed E-state index contributed by atoms with van der Waals surface area (Å²) in [7, 11) is 0. The summed E-state index contributed by atoms with van der Waals surface area (Å²) in [5.74, 6) is 5.62. The van der Waals surface area contributed by atoms with E-state index in [0.717, 1.165) is 0 Å². The highest BCUT2D eigenvalue weighted by atomic mass is 16.2. The third kappa shape index (κ3) is 7.95. The standard InChI is InChI=1S/C12H18N4O/c1-4-5-6-7-8-14-12(17)11(15-16-13)9-10(2)3/h4,10-11H,1,5,8-9H2,2-3H3,(H,14,17)/t11-/m0/s1. The molecule has 0 aromatic heterocycles. The summed E-state index contributed by atoms with van der Waals surface area (Å²) in [4.78, 5) is 14.3. The first-order valence-electron chi connectivity index (χ1n) is 5.50. The minimum atomic E-state index is -0.652. The molecule has 0 aliphatic rings. The van der Waals surface area contributed by atoms with Crippen LogP contribution in [0.25, 0.3) is 10.4 Å². The fraction of sp³-hybridized carbons (Fsp3) is 0.583. The Morgan fingerprint density at radius 2 is 2.29 bits per heavy atom. The van der Waals surface area contributed by atoms with Crippen LogP contribution in [-0.4, -0.2) is 18.5 Å². The van der Waals surface area contributed by atoms with Crippen LogP contribution in [0.3, 0.4) is 0 Å². The van der Waals surface area contributed by atoms with E-state index >= 15 is 0 Å². The van der Waals surface area contributed by atoms with Gasteiger partial charge in [0.15, 0.2) is 0 Å². The van der Waals surface area contributed by atoms with E-state index in [9.17, 15) is 4.79 Å². The van der Waals surface area contributed by atoms with Crippen molar-refractivity contribution >= 4 is 5.91 Å². The molecule has 0 rings (SSSR count). The van der Waals surface area contributed by atoms with Crippen LogP contribution in [0.4, 0.5) is 0 Å². The first-order chi connectivity index (χ1) is 8.11. The minimum Gasteiger partial charge on any atom is -0.345 e. The van der Waals surface area contributed by atoms with Crippen molar-refractivity contribution in [3.63, 3.8) is 0 Å². The highest BCUT2D eigenvalue weighted by Gasteiger charge is 2.17. The second-order valence-electron chi connectivity index (χ2n) is 3.91. The molecule has 0 spiro atoms. The number of amides is 1. The number of hydrogen-bond acceptors (Lipinski definition) is 2. The normalized spacial score (nSPS) is 10.8. The summed E-state index contributed by atoms with van der Waals surface area (Å²) in [5.41, 5.74) is 8.38. The first-order valence-corrected chi connectivity index (χ1v) is 5.50. The maximum atomic E-state index is 11.6. The van der Waals surface area contributed by atoms with Gasteiger partial charge in [0, 0.05) is 11.3 Å². The summed E-state index contributed by atoms with van der Waals surface area (Å²) in [5, 5.41) is 6.10. The molecule has 92 valence electrons. The van der Waals surface area contributed by atoms with Gasteiger partial charge in [-0.15, -0.1) is 6.58 Å². The summed E-state index contributed by atoms with van der Waals surface area (Å²) in [6.07, 6.45) is 2.83. The second kappa shape index (κ2) is 9.32. The summed E-state index contributed by atoms with van der Waals surface area (Å²) >= 11 is 0. The Bertz CT molecular complexity index is 358. The predicted molar refractivity (Wildman–Crippen MR) is 68.0 cm³/mol. The average molecular weight is 234 g/mol. The first kappa shape index (κ1) is 15.1. The zero-order valence-corrected chi connectivity index (χ0v) is 10.3. The van der Waals surface area contributed by atoms with Crippen molar-refractivity contribution in [1.82, 2.24) is 5.32 Å². The van der Waals surface area contributed by atoms with E-state index in [0.29, 0.717) is 18.8 Å². The molecule has 0 saturated carbocycles. The molecule has 17 heavy (non-hydrogen) atoms. The number of nitrogens with one attached hydrogen (secondary N) is 1. The minimum absolute atomic E-state index is 0.266. The zero-order valence-electron chi connectivity index (χ0n) is 10.3. The summed E-state index contributed by atoms with van der Waals surface area (Å²) in [6.45, 7) is 7.74. The van der Waals surface area contributed by atoms with Crippen LogP contribution >= 0.6 is 0 Å². The summed E-state index contributed by atoms with van der Waals surface area (Å²) < 4.78 is 0. The van der Waals surface area contributed by atoms with E-state index in [1.807, 2.05) is 13.8 Å². The molecule has 0 radical (unpaired) electrons. The van der Waals surface area contributed by atoms with Crippen LogP contribution in [0.2, 0.25) is 0 Å². The molecule has 0 aromatic carbocycles. The van der Waals surface area contributed by atoms with Crippen molar-refractivity contribution in [2.45, 2.75) is 32.7 Å². The molecule has 1 atom stereocenters. The monoisotopic (exact) mass is 234 g/mol. The second-order valence-corrected chi connectivity index (χ2v) is 3.91. The van der Waals surface area contributed by atoms with Gasteiger partial charge in [-0.1, -0.05) is 36.9 Å². The van der Waals surface area contributed by atoms with Crippen LogP contribution in [0.5, 0.6) is 0 Å². The Kier molecular flexibility index (Phi) is 8.26. The lowest BCUT2D eigenvalue weighted by Crippen LogP contribution is -2.34. The Morgan fingerprint density at radius 3 is 2.82 bits per heavy atom. The van der Waals surface area contributed by atoms with Crippen LogP contribution in [0.15, 0.2) is 17.8 Å². The van der Waals surface area contributed by atoms with Crippen molar-refractivity contribution in [2.75, 3.05) is 6.54 Å². The van der Waals surface area contributed by atoms with E-state index in [4.69, 9.17) is 5.53 Å². The van der Waals surface area contributed by atoms with Gasteiger partial charge < -0.3 is 5.32 Å². The van der Waals surface area contributed by atoms with E-state index in [2.05, 4.69) is 33.8 Å². The van der Waals surface area contributed by atoms with Crippen molar-refractivity contribution < 1.29 is 4.79 Å². The topological polar surface area (TPSA) is 77.9 Å². The lowest BCUT2D eigenvalue weighted by atomic mass is 10.0. The maximum absolute atomic E-state index is 11.6. The summed E-state index contributed by atoms with van der Waals surface area (Å²) in [6, 6.07) is -0.652. The number of hydrogen-bond donors (Lipinski definition) is 1. The molecule has 0 saturated heterocycles. The molecule has 0 aliphatic heterocycles. The van der Waals surface area contributed by atoms with Gasteiger partial charge in [0.2, 0.25) is 5.91 Å². The molecule has 0 aliphatic carbocycles.